The number of carboxylic acids is 1. The zero-order valence-corrected chi connectivity index (χ0v) is 11.4. The highest BCUT2D eigenvalue weighted by Crippen LogP contribution is 2.28. The summed E-state index contributed by atoms with van der Waals surface area (Å²) in [6, 6.07) is 0.897. The van der Waals surface area contributed by atoms with Gasteiger partial charge in [-0.1, -0.05) is 12.8 Å². The maximum atomic E-state index is 12.0. The van der Waals surface area contributed by atoms with Crippen molar-refractivity contribution in [1.82, 2.24) is 15.1 Å². The number of nitrogens with zero attached hydrogens (tertiary/aromatic N) is 2. The molecule has 1 aromatic rings. The average molecular weight is 281 g/mol. The molecule has 0 saturated heterocycles. The number of carbonyl (C=O) groups is 2. The zero-order chi connectivity index (χ0) is 14.5. The van der Waals surface area contributed by atoms with E-state index in [0.29, 0.717) is 6.04 Å². The van der Waals surface area contributed by atoms with Gasteiger partial charge in [-0.05, 0) is 18.9 Å². The third-order valence-corrected chi connectivity index (χ3v) is 3.48. The van der Waals surface area contributed by atoms with Gasteiger partial charge in [0.05, 0.1) is 12.6 Å². The van der Waals surface area contributed by atoms with Crippen molar-refractivity contribution >= 4 is 11.9 Å². The van der Waals surface area contributed by atoms with Gasteiger partial charge in [0.25, 0.3) is 5.91 Å². The monoisotopic (exact) mass is 281 g/mol. The van der Waals surface area contributed by atoms with Crippen LogP contribution in [0, 0.1) is 0 Å². The second kappa shape index (κ2) is 6.51. The van der Waals surface area contributed by atoms with E-state index in [9.17, 15) is 9.59 Å². The van der Waals surface area contributed by atoms with Crippen molar-refractivity contribution in [1.29, 1.82) is 0 Å². The molecule has 0 radical (unpaired) electrons. The lowest BCUT2D eigenvalue weighted by molar-refractivity contribution is -0.140. The predicted octanol–water partition coefficient (Wildman–Crippen LogP) is 0.828. The van der Waals surface area contributed by atoms with Gasteiger partial charge >= 0.3 is 5.97 Å². The highest BCUT2D eigenvalue weighted by molar-refractivity contribution is 5.94. The molecule has 0 aromatic carbocycles. The van der Waals surface area contributed by atoms with E-state index in [2.05, 4.69) is 10.4 Å². The fourth-order valence-electron chi connectivity index (χ4n) is 2.40. The second-order valence-electron chi connectivity index (χ2n) is 4.94. The van der Waals surface area contributed by atoms with Crippen LogP contribution >= 0.6 is 0 Å². The molecule has 7 heteroatoms. The largest absolute Gasteiger partial charge is 0.480 e. The Morgan fingerprint density at radius 1 is 1.55 bits per heavy atom. The topological polar surface area (TPSA) is 93.5 Å². The second-order valence-corrected chi connectivity index (χ2v) is 4.94. The highest BCUT2D eigenvalue weighted by atomic mass is 16.5. The molecule has 1 saturated carbocycles. The van der Waals surface area contributed by atoms with Crippen LogP contribution in [-0.4, -0.2) is 46.5 Å². The summed E-state index contributed by atoms with van der Waals surface area (Å²) in [7, 11) is 1.39. The van der Waals surface area contributed by atoms with Crippen molar-refractivity contribution < 1.29 is 19.4 Å². The van der Waals surface area contributed by atoms with E-state index in [4.69, 9.17) is 9.84 Å². The SMILES string of the molecule is COCC(NC(=O)c1ccn(C2CCCC2)n1)C(=O)O. The zero-order valence-electron chi connectivity index (χ0n) is 11.4. The first-order chi connectivity index (χ1) is 9.61. The Morgan fingerprint density at radius 2 is 2.25 bits per heavy atom. The fourth-order valence-corrected chi connectivity index (χ4v) is 2.40. The number of aromatic nitrogens is 2. The molecule has 0 bridgehead atoms. The fraction of sp³-hybridized carbons (Fsp3) is 0.615. The quantitative estimate of drug-likeness (QED) is 0.805. The number of amides is 1. The lowest BCUT2D eigenvalue weighted by Gasteiger charge is -2.12. The Hall–Kier alpha value is -1.89. The Balaban J connectivity index is 1.99. The summed E-state index contributed by atoms with van der Waals surface area (Å²) < 4.78 is 6.57. The third kappa shape index (κ3) is 3.36. The van der Waals surface area contributed by atoms with Crippen molar-refractivity contribution in [3.8, 4) is 0 Å². The minimum absolute atomic E-state index is 0.0790. The Bertz CT molecular complexity index is 480. The van der Waals surface area contributed by atoms with Gasteiger partial charge in [-0.15, -0.1) is 0 Å². The van der Waals surface area contributed by atoms with Crippen LogP contribution in [0.2, 0.25) is 0 Å². The van der Waals surface area contributed by atoms with Crippen LogP contribution in [-0.2, 0) is 9.53 Å². The van der Waals surface area contributed by atoms with Gasteiger partial charge in [-0.3, -0.25) is 9.48 Å². The van der Waals surface area contributed by atoms with E-state index in [-0.39, 0.29) is 12.3 Å². The molecule has 1 atom stereocenters. The summed E-state index contributed by atoms with van der Waals surface area (Å²) in [5.41, 5.74) is 0.235. The molecule has 1 aliphatic carbocycles. The van der Waals surface area contributed by atoms with Crippen LogP contribution < -0.4 is 5.32 Å². The van der Waals surface area contributed by atoms with Crippen molar-refractivity contribution in [3.05, 3.63) is 18.0 Å². The number of hydrogen-bond donors (Lipinski definition) is 2. The van der Waals surface area contributed by atoms with E-state index < -0.39 is 17.9 Å². The molecule has 2 rings (SSSR count). The Kier molecular flexibility index (Phi) is 4.73. The normalized spacial score (nSPS) is 17.1. The molecular weight excluding hydrogens is 262 g/mol. The molecule has 110 valence electrons. The maximum absolute atomic E-state index is 12.0. The average Bonchev–Trinajstić information content (AvgIpc) is 3.08. The number of nitrogens with one attached hydrogen (secondary N) is 1. The first kappa shape index (κ1) is 14.5. The summed E-state index contributed by atoms with van der Waals surface area (Å²) in [6.07, 6.45) is 6.29. The maximum Gasteiger partial charge on any atom is 0.328 e. The standard InChI is InChI=1S/C13H19N3O4/c1-20-8-11(13(18)19)14-12(17)10-6-7-16(15-10)9-4-2-3-5-9/h6-7,9,11H,2-5,8H2,1H3,(H,14,17)(H,18,19). The Morgan fingerprint density at radius 3 is 2.85 bits per heavy atom. The Labute approximate surface area is 116 Å². The summed E-state index contributed by atoms with van der Waals surface area (Å²) in [4.78, 5) is 22.9. The van der Waals surface area contributed by atoms with Gasteiger partial charge in [0.15, 0.2) is 6.04 Å². The van der Waals surface area contributed by atoms with Gasteiger partial charge in [-0.2, -0.15) is 5.10 Å². The molecule has 1 amide bonds. The molecule has 0 spiro atoms. The van der Waals surface area contributed by atoms with Gasteiger partial charge in [-0.25, -0.2) is 4.79 Å². The molecule has 20 heavy (non-hydrogen) atoms. The number of carboxylic acid groups (broad SMARTS) is 1. The van der Waals surface area contributed by atoms with E-state index in [1.807, 2.05) is 0 Å². The lowest BCUT2D eigenvalue weighted by Crippen LogP contribution is -2.44. The lowest BCUT2D eigenvalue weighted by atomic mass is 10.3. The highest BCUT2D eigenvalue weighted by Gasteiger charge is 2.23. The summed E-state index contributed by atoms with van der Waals surface area (Å²) >= 11 is 0. The van der Waals surface area contributed by atoms with E-state index in [0.717, 1.165) is 12.8 Å². The van der Waals surface area contributed by atoms with Gasteiger partial charge in [0.2, 0.25) is 0 Å². The van der Waals surface area contributed by atoms with Crippen LogP contribution in [0.3, 0.4) is 0 Å². The minimum atomic E-state index is -1.13. The molecule has 1 heterocycles. The van der Waals surface area contributed by atoms with Crippen LogP contribution in [0.4, 0.5) is 0 Å². The van der Waals surface area contributed by atoms with Crippen molar-refractivity contribution in [3.63, 3.8) is 0 Å². The molecule has 2 N–H and O–H groups in total. The van der Waals surface area contributed by atoms with Crippen LogP contribution in [0.25, 0.3) is 0 Å². The van der Waals surface area contributed by atoms with Gasteiger partial charge in [0.1, 0.15) is 5.69 Å². The molecule has 1 aromatic heterocycles. The summed E-state index contributed by atoms with van der Waals surface area (Å²) in [5.74, 6) is -1.62. The number of carbonyl (C=O) groups excluding carboxylic acids is 1. The van der Waals surface area contributed by atoms with Gasteiger partial charge in [0, 0.05) is 13.3 Å². The van der Waals surface area contributed by atoms with Crippen LogP contribution in [0.5, 0.6) is 0 Å². The molecule has 1 aliphatic rings. The predicted molar refractivity (Wildman–Crippen MR) is 70.5 cm³/mol. The molecule has 0 aliphatic heterocycles. The first-order valence-electron chi connectivity index (χ1n) is 6.69. The summed E-state index contributed by atoms with van der Waals surface area (Å²) in [6.45, 7) is -0.0790. The molecular formula is C13H19N3O4. The van der Waals surface area contributed by atoms with E-state index in [1.165, 1.54) is 20.0 Å². The smallest absolute Gasteiger partial charge is 0.328 e. The molecule has 7 nitrogen and oxygen atoms in total. The minimum Gasteiger partial charge on any atom is -0.480 e. The summed E-state index contributed by atoms with van der Waals surface area (Å²) in [5, 5.41) is 15.6. The van der Waals surface area contributed by atoms with Crippen LogP contribution in [0.15, 0.2) is 12.3 Å². The molecule has 1 unspecified atom stereocenters. The first-order valence-corrected chi connectivity index (χ1v) is 6.69. The van der Waals surface area contributed by atoms with Crippen molar-refractivity contribution in [2.75, 3.05) is 13.7 Å². The van der Waals surface area contributed by atoms with Crippen LogP contribution in [0.1, 0.15) is 42.2 Å². The third-order valence-electron chi connectivity index (χ3n) is 3.48. The molecule has 1 fully saturated rings. The number of rotatable bonds is 6. The van der Waals surface area contributed by atoms with E-state index >= 15 is 0 Å². The number of methoxy groups -OCH3 is 1. The van der Waals surface area contributed by atoms with Gasteiger partial charge < -0.3 is 15.2 Å². The van der Waals surface area contributed by atoms with Crippen molar-refractivity contribution in [2.24, 2.45) is 0 Å². The number of aliphatic carboxylic acids is 1. The van der Waals surface area contributed by atoms with Crippen molar-refractivity contribution in [2.45, 2.75) is 37.8 Å². The van der Waals surface area contributed by atoms with E-state index in [1.54, 1.807) is 16.9 Å². The number of hydrogen-bond acceptors (Lipinski definition) is 4. The number of ether oxygens (including phenoxy) is 1.